The summed E-state index contributed by atoms with van der Waals surface area (Å²) in [6.45, 7) is 2.88. The van der Waals surface area contributed by atoms with Gasteiger partial charge in [0.15, 0.2) is 12.6 Å². The van der Waals surface area contributed by atoms with E-state index >= 15 is 0 Å². The zero-order valence-corrected chi connectivity index (χ0v) is 18.2. The van der Waals surface area contributed by atoms with Crippen molar-refractivity contribution in [3.8, 4) is 5.75 Å². The first-order chi connectivity index (χ1) is 15.3. The number of hydrogen-bond acceptors (Lipinski definition) is 5. The van der Waals surface area contributed by atoms with Crippen LogP contribution < -0.4 is 4.74 Å². The summed E-state index contributed by atoms with van der Waals surface area (Å²) in [4.78, 5) is 0. The first-order valence-corrected chi connectivity index (χ1v) is 11.4. The Morgan fingerprint density at radius 1 is 1.25 bits per heavy atom. The molecule has 5 nitrogen and oxygen atoms in total. The third-order valence-electron chi connectivity index (χ3n) is 6.63. The van der Waals surface area contributed by atoms with Gasteiger partial charge in [-0.15, -0.1) is 0 Å². The average Bonchev–Trinajstić information content (AvgIpc) is 3.25. The average molecular weight is 457 g/mol. The summed E-state index contributed by atoms with van der Waals surface area (Å²) < 4.78 is 62.1. The number of hydrogen-bond donors (Lipinski definition) is 1. The van der Waals surface area contributed by atoms with Gasteiger partial charge in [-0.25, -0.2) is 0 Å². The topological polar surface area (TPSA) is 57.2 Å². The summed E-state index contributed by atoms with van der Waals surface area (Å²) >= 11 is 0. The van der Waals surface area contributed by atoms with E-state index in [4.69, 9.17) is 18.9 Å². The number of rotatable bonds is 7. The van der Waals surface area contributed by atoms with Crippen molar-refractivity contribution in [3.63, 3.8) is 0 Å². The minimum absolute atomic E-state index is 0.0667. The molecule has 1 aromatic carbocycles. The van der Waals surface area contributed by atoms with Crippen LogP contribution in [-0.4, -0.2) is 43.1 Å². The summed E-state index contributed by atoms with van der Waals surface area (Å²) in [5.41, 5.74) is -0.746. The fourth-order valence-corrected chi connectivity index (χ4v) is 5.00. The standard InChI is InChI=1S/C24H31F3O5/c1-15-11-21-20(13-22(28)32-21)19(15)9-8-18(31-23-7-2-3-10-29-23)14-30-17-6-4-5-16(12-17)24(25,26)27/h4-6,8-9,12,15,18-23,28H,2-3,7,10-11,13-14H2,1H3/b9-8+/t15-,18-,19+,20-,21+,22?,23?/m1/s1. The van der Waals surface area contributed by atoms with Crippen molar-refractivity contribution < 1.29 is 37.2 Å². The molecule has 8 heteroatoms. The molecule has 2 heterocycles. The molecule has 0 amide bonds. The second-order valence-corrected chi connectivity index (χ2v) is 9.01. The Morgan fingerprint density at radius 2 is 2.09 bits per heavy atom. The highest BCUT2D eigenvalue weighted by atomic mass is 19.4. The van der Waals surface area contributed by atoms with E-state index in [9.17, 15) is 18.3 Å². The molecule has 0 radical (unpaired) electrons. The van der Waals surface area contributed by atoms with Gasteiger partial charge >= 0.3 is 6.18 Å². The van der Waals surface area contributed by atoms with Crippen molar-refractivity contribution in [1.82, 2.24) is 0 Å². The predicted molar refractivity (Wildman–Crippen MR) is 111 cm³/mol. The summed E-state index contributed by atoms with van der Waals surface area (Å²) in [5.74, 6) is 1.05. The normalized spacial score (nSPS) is 34.0. The van der Waals surface area contributed by atoms with Crippen LogP contribution in [0, 0.1) is 17.8 Å². The minimum Gasteiger partial charge on any atom is -0.491 e. The van der Waals surface area contributed by atoms with E-state index in [1.165, 1.54) is 12.1 Å². The van der Waals surface area contributed by atoms with Crippen LogP contribution in [0.1, 0.15) is 44.6 Å². The van der Waals surface area contributed by atoms with Crippen molar-refractivity contribution in [3.05, 3.63) is 42.0 Å². The van der Waals surface area contributed by atoms with Crippen LogP contribution in [0.2, 0.25) is 0 Å². The Morgan fingerprint density at radius 3 is 2.84 bits per heavy atom. The molecule has 1 N–H and O–H groups in total. The molecule has 0 spiro atoms. The van der Waals surface area contributed by atoms with Crippen LogP contribution in [0.15, 0.2) is 36.4 Å². The Balaban J connectivity index is 1.43. The summed E-state index contributed by atoms with van der Waals surface area (Å²) in [6.07, 6.45) is 2.43. The number of benzene rings is 1. The molecule has 3 fully saturated rings. The summed E-state index contributed by atoms with van der Waals surface area (Å²) in [7, 11) is 0. The van der Waals surface area contributed by atoms with Gasteiger partial charge in [0.25, 0.3) is 0 Å². The van der Waals surface area contributed by atoms with Crippen molar-refractivity contribution in [2.75, 3.05) is 13.2 Å². The molecule has 2 aliphatic heterocycles. The smallest absolute Gasteiger partial charge is 0.416 e. The van der Waals surface area contributed by atoms with Crippen LogP contribution in [-0.2, 0) is 20.4 Å². The van der Waals surface area contributed by atoms with E-state index in [-0.39, 0.29) is 36.6 Å². The lowest BCUT2D eigenvalue weighted by Crippen LogP contribution is -2.30. The molecule has 2 saturated heterocycles. The SMILES string of the molecule is C[C@@H]1C[C@@H]2OC(O)C[C@@H]2[C@H]1/C=C/[C@H](COc1cccc(C(F)(F)F)c1)OC1CCCCO1. The van der Waals surface area contributed by atoms with Crippen LogP contribution >= 0.6 is 0 Å². The number of aliphatic hydroxyl groups excluding tert-OH is 1. The fourth-order valence-electron chi connectivity index (χ4n) is 5.00. The molecule has 2 unspecified atom stereocenters. The number of alkyl halides is 3. The van der Waals surface area contributed by atoms with E-state index < -0.39 is 24.1 Å². The Bertz CT molecular complexity index is 777. The highest BCUT2D eigenvalue weighted by Crippen LogP contribution is 2.46. The zero-order valence-electron chi connectivity index (χ0n) is 18.2. The van der Waals surface area contributed by atoms with Gasteiger partial charge in [-0.3, -0.25) is 0 Å². The molecule has 1 aromatic rings. The predicted octanol–water partition coefficient (Wildman–Crippen LogP) is 4.93. The minimum atomic E-state index is -4.42. The van der Waals surface area contributed by atoms with Gasteiger partial charge in [0, 0.05) is 13.0 Å². The van der Waals surface area contributed by atoms with Crippen LogP contribution in [0.3, 0.4) is 0 Å². The molecular formula is C24H31F3O5. The van der Waals surface area contributed by atoms with Crippen LogP contribution in [0.25, 0.3) is 0 Å². The number of halogens is 3. The summed E-state index contributed by atoms with van der Waals surface area (Å²) in [6, 6.07) is 4.86. The molecular weight excluding hydrogens is 425 g/mol. The lowest BCUT2D eigenvalue weighted by atomic mass is 9.88. The maximum Gasteiger partial charge on any atom is 0.416 e. The summed E-state index contributed by atoms with van der Waals surface area (Å²) in [5, 5.41) is 9.84. The van der Waals surface area contributed by atoms with Crippen molar-refractivity contribution >= 4 is 0 Å². The first-order valence-electron chi connectivity index (χ1n) is 11.4. The van der Waals surface area contributed by atoms with Crippen LogP contribution in [0.5, 0.6) is 5.75 Å². The monoisotopic (exact) mass is 456 g/mol. The lowest BCUT2D eigenvalue weighted by molar-refractivity contribution is -0.182. The van der Waals surface area contributed by atoms with Gasteiger partial charge < -0.3 is 24.1 Å². The molecule has 1 aliphatic carbocycles. The third-order valence-corrected chi connectivity index (χ3v) is 6.63. The second-order valence-electron chi connectivity index (χ2n) is 9.01. The van der Waals surface area contributed by atoms with Gasteiger partial charge in [0.05, 0.1) is 11.7 Å². The molecule has 1 saturated carbocycles. The zero-order chi connectivity index (χ0) is 22.7. The molecule has 178 valence electrons. The van der Waals surface area contributed by atoms with Gasteiger partial charge in [-0.2, -0.15) is 13.2 Å². The quantitative estimate of drug-likeness (QED) is 0.590. The molecule has 3 aliphatic rings. The van der Waals surface area contributed by atoms with Crippen molar-refractivity contribution in [2.45, 2.75) is 70.0 Å². The van der Waals surface area contributed by atoms with Gasteiger partial charge in [0.1, 0.15) is 18.5 Å². The maximum atomic E-state index is 13.0. The van der Waals surface area contributed by atoms with Crippen molar-refractivity contribution in [2.24, 2.45) is 17.8 Å². The second kappa shape index (κ2) is 10.1. The molecule has 0 aromatic heterocycles. The number of aliphatic hydroxyl groups is 1. The van der Waals surface area contributed by atoms with Gasteiger partial charge in [0.2, 0.25) is 0 Å². The lowest BCUT2D eigenvalue weighted by Gasteiger charge is -2.27. The molecule has 7 atom stereocenters. The Labute approximate surface area is 186 Å². The number of fused-ring (bicyclic) bond motifs is 1. The van der Waals surface area contributed by atoms with Gasteiger partial charge in [-0.1, -0.05) is 25.1 Å². The largest absolute Gasteiger partial charge is 0.491 e. The van der Waals surface area contributed by atoms with E-state index in [1.54, 1.807) is 0 Å². The highest BCUT2D eigenvalue weighted by Gasteiger charge is 2.46. The van der Waals surface area contributed by atoms with Crippen molar-refractivity contribution in [1.29, 1.82) is 0 Å². The number of ether oxygens (including phenoxy) is 4. The first kappa shape index (κ1) is 23.5. The number of allylic oxidation sites excluding steroid dienone is 1. The Hall–Kier alpha value is -1.61. The van der Waals surface area contributed by atoms with E-state index in [1.807, 2.05) is 6.08 Å². The van der Waals surface area contributed by atoms with E-state index in [0.29, 0.717) is 18.9 Å². The van der Waals surface area contributed by atoms with E-state index in [0.717, 1.165) is 37.8 Å². The van der Waals surface area contributed by atoms with E-state index in [2.05, 4.69) is 13.0 Å². The fraction of sp³-hybridized carbons (Fsp3) is 0.667. The molecule has 4 rings (SSSR count). The van der Waals surface area contributed by atoms with Crippen LogP contribution in [0.4, 0.5) is 13.2 Å². The molecule has 32 heavy (non-hydrogen) atoms. The highest BCUT2D eigenvalue weighted by molar-refractivity contribution is 5.30. The molecule has 0 bridgehead atoms. The maximum absolute atomic E-state index is 13.0. The Kier molecular flexibility index (Phi) is 7.44. The van der Waals surface area contributed by atoms with Gasteiger partial charge in [-0.05, 0) is 61.6 Å². The third kappa shape index (κ3) is 5.84.